The Morgan fingerprint density at radius 2 is 0.455 bits per heavy atom. The van der Waals surface area contributed by atoms with Crippen LogP contribution in [0.3, 0.4) is 0 Å². The van der Waals surface area contributed by atoms with Gasteiger partial charge in [0.25, 0.3) is 0 Å². The van der Waals surface area contributed by atoms with Gasteiger partial charge in [-0.25, -0.2) is 29.9 Å². The minimum absolute atomic E-state index is 0.465. The van der Waals surface area contributed by atoms with Crippen molar-refractivity contribution in [3.63, 3.8) is 0 Å². The molecular weight excluding hydrogens is 1600 g/mol. The van der Waals surface area contributed by atoms with Crippen LogP contribution in [0.2, 0.25) is 0 Å². The molecule has 646 valence electrons. The fourth-order valence-corrected chi connectivity index (χ4v) is 24.7. The molecule has 9 nitrogen and oxygen atoms in total. The molecule has 3 aliphatic heterocycles. The van der Waals surface area contributed by atoms with Crippen LogP contribution in [0.4, 0.5) is 51.2 Å². The summed E-state index contributed by atoms with van der Waals surface area (Å²) in [4.78, 5) is 36.1. The summed E-state index contributed by atoms with van der Waals surface area (Å²) < 4.78 is 0. The normalized spacial score (nSPS) is 14.8. The van der Waals surface area contributed by atoms with Crippen LogP contribution in [-0.2, 0) is 16.2 Å². The van der Waals surface area contributed by atoms with Crippen LogP contribution >= 0.6 is 0 Å². The van der Waals surface area contributed by atoms with E-state index in [9.17, 15) is 0 Å². The molecule has 23 rings (SSSR count). The number of nitrogens with zero attached hydrogens (tertiary/aromatic N) is 9. The van der Waals surface area contributed by atoms with Crippen LogP contribution in [0.25, 0.3) is 77.9 Å². The number of unbranched alkanes of at least 4 members (excludes halogenated alkanes) is 6. The van der Waals surface area contributed by atoms with E-state index < -0.39 is 16.2 Å². The molecule has 6 aliphatic rings. The van der Waals surface area contributed by atoms with Gasteiger partial charge in [-0.15, -0.1) is 0 Å². The molecule has 0 amide bonds. The first kappa shape index (κ1) is 82.2. The average Bonchev–Trinajstić information content (AvgIpc) is 1.45. The second-order valence-corrected chi connectivity index (χ2v) is 37.4. The van der Waals surface area contributed by atoms with Gasteiger partial charge in [0.15, 0.2) is 0 Å². The van der Waals surface area contributed by atoms with Gasteiger partial charge in [0.1, 0.15) is 19.0 Å². The monoisotopic (exact) mass is 1710 g/mol. The lowest BCUT2D eigenvalue weighted by molar-refractivity contribution is 0.553. The van der Waals surface area contributed by atoms with Crippen molar-refractivity contribution in [1.29, 1.82) is 0 Å². The molecule has 3 atom stereocenters. The maximum atomic E-state index is 4.83. The summed E-state index contributed by atoms with van der Waals surface area (Å²) in [5.74, 6) is 1.40. The van der Waals surface area contributed by atoms with E-state index in [1.165, 1.54) is 194 Å². The Balaban J connectivity index is 0.901. The molecule has 3 spiro atoms. The molecule has 6 heterocycles. The highest BCUT2D eigenvalue weighted by molar-refractivity contribution is 6.14. The Bertz CT molecular complexity index is 6820. The van der Waals surface area contributed by atoms with Gasteiger partial charge in [0.2, 0.25) is 0 Å². The van der Waals surface area contributed by atoms with Crippen molar-refractivity contribution in [3.05, 3.63) is 437 Å². The summed E-state index contributed by atoms with van der Waals surface area (Å²) in [5, 5.41) is 0. The molecule has 0 N–H and O–H groups in total. The number of hydrogen-bond donors (Lipinski definition) is 0. The molecule has 3 aromatic heterocycles. The van der Waals surface area contributed by atoms with Crippen molar-refractivity contribution in [2.45, 2.75) is 172 Å². The topological polar surface area (TPSA) is 87.1 Å². The third-order valence-electron chi connectivity index (χ3n) is 30.7. The molecule has 14 aromatic carbocycles. The number of aromatic nitrogens is 6. The minimum atomic E-state index is -1.09. The predicted octanol–water partition coefficient (Wildman–Crippen LogP) is 32.4. The van der Waals surface area contributed by atoms with E-state index in [0.717, 1.165) is 115 Å². The fraction of sp³-hybridized carbons (Fsp3) is 0.220. The summed E-state index contributed by atoms with van der Waals surface area (Å²) >= 11 is 0. The van der Waals surface area contributed by atoms with Crippen molar-refractivity contribution < 1.29 is 0 Å². The van der Waals surface area contributed by atoms with Crippen LogP contribution in [0, 0.1) is 0 Å². The van der Waals surface area contributed by atoms with Gasteiger partial charge < -0.3 is 14.7 Å². The van der Waals surface area contributed by atoms with Crippen LogP contribution in [0.15, 0.2) is 353 Å². The van der Waals surface area contributed by atoms with Gasteiger partial charge in [-0.1, -0.05) is 306 Å². The largest absolute Gasteiger partial charge is 0.310 e. The number of hydrogen-bond acceptors (Lipinski definition) is 9. The smallest absolute Gasteiger partial charge is 0.115 e. The zero-order chi connectivity index (χ0) is 88.8. The Labute approximate surface area is 777 Å². The molecule has 0 fully saturated rings. The first-order chi connectivity index (χ1) is 65.3. The molecular formula is C123H109N9. The SMILES string of the molecule is CCCCCC(CC)c1ccc(N2c3ccccc3C3(c4cc(-c5ccc(-c6cncnc6)cc5)ccc4-c4c3c3c(c5c4C4(c6cc(-c7cncnc7)ccc6-5)c5ccccc5N(c5ccc(C(CC)CCCCC)cc5)c5ccccc54)C4(c5cc(-c6cncnc6)ccc5-3)c3ccccc3N(c3ccc(C(CC)CCCCC)cc3)c3ccccc34)c3ccccc32)cc1. The Kier molecular flexibility index (Phi) is 21.1. The van der Waals surface area contributed by atoms with Gasteiger partial charge in [-0.2, -0.15) is 0 Å². The Morgan fingerprint density at radius 3 is 0.705 bits per heavy atom. The summed E-state index contributed by atoms with van der Waals surface area (Å²) in [6.45, 7) is 14.1. The molecule has 3 aliphatic carbocycles. The quantitative estimate of drug-likeness (QED) is 0.0519. The Hall–Kier alpha value is -14.3. The molecule has 3 unspecified atom stereocenters. The number of para-hydroxylation sites is 6. The second-order valence-electron chi connectivity index (χ2n) is 37.4. The highest BCUT2D eigenvalue weighted by Gasteiger charge is 2.65. The lowest BCUT2D eigenvalue weighted by Crippen LogP contribution is -2.39. The second kappa shape index (κ2) is 33.9. The van der Waals surface area contributed by atoms with Crippen LogP contribution in [0.5, 0.6) is 0 Å². The van der Waals surface area contributed by atoms with Crippen LogP contribution in [-0.4, -0.2) is 29.9 Å². The molecule has 9 heteroatoms. The van der Waals surface area contributed by atoms with E-state index >= 15 is 0 Å². The van der Waals surface area contributed by atoms with E-state index in [4.69, 9.17) is 19.9 Å². The maximum absolute atomic E-state index is 4.83. The molecule has 0 saturated heterocycles. The van der Waals surface area contributed by atoms with E-state index in [2.05, 4.69) is 363 Å². The lowest BCUT2D eigenvalue weighted by atomic mass is 9.58. The number of benzene rings is 14. The highest BCUT2D eigenvalue weighted by Crippen LogP contribution is 2.78. The van der Waals surface area contributed by atoms with Gasteiger partial charge >= 0.3 is 0 Å². The molecule has 17 aromatic rings. The van der Waals surface area contributed by atoms with Gasteiger partial charge in [0.05, 0.1) is 50.4 Å². The van der Waals surface area contributed by atoms with Gasteiger partial charge in [0, 0.05) is 70.9 Å². The van der Waals surface area contributed by atoms with Gasteiger partial charge in [-0.3, -0.25) is 0 Å². The highest BCUT2D eigenvalue weighted by atomic mass is 15.2. The molecule has 0 radical (unpaired) electrons. The van der Waals surface area contributed by atoms with Crippen molar-refractivity contribution in [1.82, 2.24) is 29.9 Å². The van der Waals surface area contributed by atoms with Gasteiger partial charge in [-0.05, 0) is 292 Å². The number of anilines is 9. The molecule has 0 bridgehead atoms. The summed E-state index contributed by atoms with van der Waals surface area (Å²) in [6.07, 6.45) is 34.5. The summed E-state index contributed by atoms with van der Waals surface area (Å²) in [5.41, 5.74) is 41.2. The summed E-state index contributed by atoms with van der Waals surface area (Å²) in [6, 6.07) is 118. The summed E-state index contributed by atoms with van der Waals surface area (Å²) in [7, 11) is 0. The van der Waals surface area contributed by atoms with Crippen molar-refractivity contribution in [2.24, 2.45) is 0 Å². The number of fused-ring (bicyclic) bond motifs is 30. The average molecular weight is 1710 g/mol. The van der Waals surface area contributed by atoms with Crippen molar-refractivity contribution in [3.8, 4) is 77.9 Å². The predicted molar refractivity (Wildman–Crippen MR) is 543 cm³/mol. The first-order valence-corrected chi connectivity index (χ1v) is 48.6. The third kappa shape index (κ3) is 12.6. The maximum Gasteiger partial charge on any atom is 0.115 e. The van der Waals surface area contributed by atoms with Crippen LogP contribution in [0.1, 0.15) is 239 Å². The lowest BCUT2D eigenvalue weighted by Gasteiger charge is -2.48. The third-order valence-corrected chi connectivity index (χ3v) is 30.7. The standard InChI is InChI=1S/C123H109N9/c1-7-13-16-31-80(10-4)83-50-59-94(60-51-83)130-109-40-25-19-34-100(109)121(101-35-20-26-41-110(101)130)106-68-88(86-46-48-87(49-47-86)91-71-124-77-125-72-91)56-65-97(106)115-118(121)116-98-66-57-89(92-73-126-78-127-74-92)69-107(98)123(104-38-23-29-44-113(104)132(114-45-30-24-39-105(114)123)96-63-54-85(55-64-96)82(12-6)33-18-15-9-3)120(116)117-99-67-58-90(93-75-128-79-129-76-93)70-108(99)122(119(115)117)102-36-21-27-42-111(102)131(112-43-28-22-37-103(112)122)95-61-52-84(53-62-95)81(11-5)32-17-14-8-2/h19-30,34-82H,7-18,31-33H2,1-6H3. The minimum Gasteiger partial charge on any atom is -0.310 e. The zero-order valence-corrected chi connectivity index (χ0v) is 76.3. The van der Waals surface area contributed by atoms with E-state index in [0.29, 0.717) is 17.8 Å². The Morgan fingerprint density at radius 1 is 0.227 bits per heavy atom. The van der Waals surface area contributed by atoms with E-state index in [-0.39, 0.29) is 0 Å². The zero-order valence-electron chi connectivity index (χ0n) is 76.3. The van der Waals surface area contributed by atoms with Crippen molar-refractivity contribution >= 4 is 51.2 Å². The fourth-order valence-electron chi connectivity index (χ4n) is 24.7. The first-order valence-electron chi connectivity index (χ1n) is 48.6. The van der Waals surface area contributed by atoms with Crippen molar-refractivity contribution in [2.75, 3.05) is 14.7 Å². The molecule has 0 saturated carbocycles. The van der Waals surface area contributed by atoms with E-state index in [1.54, 1.807) is 19.0 Å². The van der Waals surface area contributed by atoms with E-state index in [1.807, 2.05) is 37.2 Å². The number of rotatable bonds is 25. The van der Waals surface area contributed by atoms with Crippen LogP contribution < -0.4 is 14.7 Å². The molecule has 132 heavy (non-hydrogen) atoms.